The number of nitrogens with one attached hydrogen (secondary N) is 1. The smallest absolute Gasteiger partial charge is 0.185 e. The van der Waals surface area contributed by atoms with Gasteiger partial charge < -0.3 is 10.2 Å². The van der Waals surface area contributed by atoms with E-state index >= 15 is 0 Å². The first-order valence-corrected chi connectivity index (χ1v) is 9.34. The molecule has 0 atom stereocenters. The van der Waals surface area contributed by atoms with Gasteiger partial charge in [-0.2, -0.15) is 11.8 Å². The van der Waals surface area contributed by atoms with Crippen LogP contribution in [-0.4, -0.2) is 36.1 Å². The Balaban J connectivity index is 2.04. The molecule has 5 heteroatoms. The molecule has 1 fully saturated rings. The highest BCUT2D eigenvalue weighted by Crippen LogP contribution is 2.29. The summed E-state index contributed by atoms with van der Waals surface area (Å²) in [5.74, 6) is 2.48. The van der Waals surface area contributed by atoms with Crippen LogP contribution in [0.5, 0.6) is 0 Å². The highest BCUT2D eigenvalue weighted by Gasteiger charge is 2.17. The van der Waals surface area contributed by atoms with Crippen molar-refractivity contribution in [2.24, 2.45) is 0 Å². The normalized spacial score (nSPS) is 16.0. The number of hydrogen-bond donors (Lipinski definition) is 1. The quantitative estimate of drug-likeness (QED) is 0.783. The maximum Gasteiger partial charge on any atom is 0.185 e. The SMILES string of the molecule is CCCNCc1sc(N2CCSCC2)nc1CCC. The van der Waals surface area contributed by atoms with Crippen LogP contribution in [0.15, 0.2) is 0 Å². The van der Waals surface area contributed by atoms with Crippen molar-refractivity contribution in [2.75, 3.05) is 36.0 Å². The minimum Gasteiger partial charge on any atom is -0.346 e. The second-order valence-corrected chi connectivity index (χ2v) is 7.18. The molecule has 3 nitrogen and oxygen atoms in total. The van der Waals surface area contributed by atoms with Gasteiger partial charge in [0.15, 0.2) is 5.13 Å². The summed E-state index contributed by atoms with van der Waals surface area (Å²) in [6.45, 7) is 8.85. The Morgan fingerprint density at radius 2 is 2.00 bits per heavy atom. The van der Waals surface area contributed by atoms with E-state index in [0.717, 1.165) is 32.6 Å². The van der Waals surface area contributed by atoms with Crippen LogP contribution < -0.4 is 10.2 Å². The summed E-state index contributed by atoms with van der Waals surface area (Å²) in [5, 5.41) is 4.76. The van der Waals surface area contributed by atoms with E-state index in [1.165, 1.54) is 40.0 Å². The lowest BCUT2D eigenvalue weighted by molar-refractivity contribution is 0.674. The minimum atomic E-state index is 0.990. The van der Waals surface area contributed by atoms with Crippen molar-refractivity contribution in [2.45, 2.75) is 39.7 Å². The molecule has 0 radical (unpaired) electrons. The first-order valence-electron chi connectivity index (χ1n) is 7.37. The Bertz CT molecular complexity index is 373. The average Bonchev–Trinajstić information content (AvgIpc) is 2.84. The summed E-state index contributed by atoms with van der Waals surface area (Å²) in [4.78, 5) is 8.81. The summed E-state index contributed by atoms with van der Waals surface area (Å²) in [6.07, 6.45) is 3.49. The lowest BCUT2D eigenvalue weighted by Gasteiger charge is -2.25. The molecule has 0 amide bonds. The molecule has 0 aromatic carbocycles. The fourth-order valence-corrected chi connectivity index (χ4v) is 4.24. The van der Waals surface area contributed by atoms with Crippen molar-refractivity contribution in [1.82, 2.24) is 10.3 Å². The summed E-state index contributed by atoms with van der Waals surface area (Å²) in [5.41, 5.74) is 1.32. The Morgan fingerprint density at radius 1 is 1.21 bits per heavy atom. The van der Waals surface area contributed by atoms with E-state index < -0.39 is 0 Å². The number of aromatic nitrogens is 1. The van der Waals surface area contributed by atoms with Crippen LogP contribution in [0.25, 0.3) is 0 Å². The zero-order chi connectivity index (χ0) is 13.5. The predicted molar refractivity (Wildman–Crippen MR) is 87.6 cm³/mol. The summed E-state index contributed by atoms with van der Waals surface area (Å²) >= 11 is 3.95. The number of hydrogen-bond acceptors (Lipinski definition) is 5. The highest BCUT2D eigenvalue weighted by molar-refractivity contribution is 7.99. The van der Waals surface area contributed by atoms with E-state index in [-0.39, 0.29) is 0 Å². The van der Waals surface area contributed by atoms with Crippen molar-refractivity contribution >= 4 is 28.2 Å². The van der Waals surface area contributed by atoms with Gasteiger partial charge in [-0.1, -0.05) is 20.3 Å². The van der Waals surface area contributed by atoms with E-state index in [0.29, 0.717) is 0 Å². The second-order valence-electron chi connectivity index (χ2n) is 4.89. The third-order valence-corrected chi connectivity index (χ3v) is 5.35. The number of nitrogens with zero attached hydrogens (tertiary/aromatic N) is 2. The van der Waals surface area contributed by atoms with Crippen LogP contribution in [-0.2, 0) is 13.0 Å². The summed E-state index contributed by atoms with van der Waals surface area (Å²) < 4.78 is 0. The molecule has 1 saturated heterocycles. The maximum absolute atomic E-state index is 4.90. The van der Waals surface area contributed by atoms with Crippen LogP contribution >= 0.6 is 23.1 Å². The van der Waals surface area contributed by atoms with Gasteiger partial charge in [0.2, 0.25) is 0 Å². The first-order chi connectivity index (χ1) is 9.35. The third kappa shape index (κ3) is 4.36. The number of thiazole rings is 1. The molecule has 1 N–H and O–H groups in total. The van der Waals surface area contributed by atoms with Gasteiger partial charge in [0.25, 0.3) is 0 Å². The highest BCUT2D eigenvalue weighted by atomic mass is 32.2. The molecule has 0 bridgehead atoms. The van der Waals surface area contributed by atoms with E-state index in [4.69, 9.17) is 4.98 Å². The molecule has 0 saturated carbocycles. The van der Waals surface area contributed by atoms with Gasteiger partial charge >= 0.3 is 0 Å². The number of anilines is 1. The molecule has 1 aliphatic heterocycles. The van der Waals surface area contributed by atoms with Crippen LogP contribution in [0.3, 0.4) is 0 Å². The van der Waals surface area contributed by atoms with Gasteiger partial charge in [-0.25, -0.2) is 4.98 Å². The lowest BCUT2D eigenvalue weighted by Crippen LogP contribution is -2.32. The van der Waals surface area contributed by atoms with Gasteiger partial charge in [0.05, 0.1) is 5.69 Å². The monoisotopic (exact) mass is 299 g/mol. The molecule has 2 heterocycles. The largest absolute Gasteiger partial charge is 0.346 e. The average molecular weight is 300 g/mol. The predicted octanol–water partition coefficient (Wildman–Crippen LogP) is 3.15. The van der Waals surface area contributed by atoms with Crippen molar-refractivity contribution < 1.29 is 0 Å². The Hall–Kier alpha value is -0.260. The minimum absolute atomic E-state index is 0.990. The molecular weight excluding hydrogens is 274 g/mol. The van der Waals surface area contributed by atoms with Gasteiger partial charge in [0.1, 0.15) is 0 Å². The zero-order valence-electron chi connectivity index (χ0n) is 12.1. The van der Waals surface area contributed by atoms with E-state index in [9.17, 15) is 0 Å². The van der Waals surface area contributed by atoms with Crippen LogP contribution in [0.1, 0.15) is 37.3 Å². The molecule has 0 aliphatic carbocycles. The molecule has 2 rings (SSSR count). The lowest BCUT2D eigenvalue weighted by atomic mass is 10.2. The molecule has 108 valence electrons. The molecule has 1 aromatic heterocycles. The van der Waals surface area contributed by atoms with Crippen LogP contribution in [0.2, 0.25) is 0 Å². The van der Waals surface area contributed by atoms with E-state index in [1.54, 1.807) is 0 Å². The van der Waals surface area contributed by atoms with Gasteiger partial charge in [0, 0.05) is 36.0 Å². The topological polar surface area (TPSA) is 28.2 Å². The summed E-state index contributed by atoms with van der Waals surface area (Å²) in [7, 11) is 0. The Labute approximate surface area is 125 Å². The Kier molecular flexibility index (Phi) is 6.47. The fourth-order valence-electron chi connectivity index (χ4n) is 2.21. The van der Waals surface area contributed by atoms with Crippen molar-refractivity contribution in [3.8, 4) is 0 Å². The zero-order valence-corrected chi connectivity index (χ0v) is 13.7. The molecule has 0 spiro atoms. The molecular formula is C14H25N3S2. The number of aryl methyl sites for hydroxylation is 1. The first kappa shape index (κ1) is 15.1. The third-order valence-electron chi connectivity index (χ3n) is 3.25. The number of thioether (sulfide) groups is 1. The maximum atomic E-state index is 4.90. The van der Waals surface area contributed by atoms with Crippen LogP contribution in [0.4, 0.5) is 5.13 Å². The van der Waals surface area contributed by atoms with Crippen molar-refractivity contribution in [3.05, 3.63) is 10.6 Å². The van der Waals surface area contributed by atoms with Crippen molar-refractivity contribution in [1.29, 1.82) is 0 Å². The van der Waals surface area contributed by atoms with Gasteiger partial charge in [-0.15, -0.1) is 11.3 Å². The van der Waals surface area contributed by atoms with Gasteiger partial charge in [-0.05, 0) is 19.4 Å². The molecule has 0 unspecified atom stereocenters. The molecule has 1 aliphatic rings. The van der Waals surface area contributed by atoms with Crippen LogP contribution in [0, 0.1) is 0 Å². The summed E-state index contributed by atoms with van der Waals surface area (Å²) in [6, 6.07) is 0. The van der Waals surface area contributed by atoms with E-state index in [1.807, 2.05) is 11.3 Å². The fraction of sp³-hybridized carbons (Fsp3) is 0.786. The second kappa shape index (κ2) is 8.12. The Morgan fingerprint density at radius 3 is 2.68 bits per heavy atom. The number of rotatable bonds is 7. The van der Waals surface area contributed by atoms with E-state index in [2.05, 4.69) is 35.8 Å². The molecule has 19 heavy (non-hydrogen) atoms. The van der Waals surface area contributed by atoms with Crippen molar-refractivity contribution in [3.63, 3.8) is 0 Å². The van der Waals surface area contributed by atoms with Gasteiger partial charge in [-0.3, -0.25) is 0 Å². The standard InChI is InChI=1S/C14H25N3S2/c1-3-5-12-13(11-15-6-4-2)19-14(16-12)17-7-9-18-10-8-17/h15H,3-11H2,1-2H3. The molecule has 1 aromatic rings.